The molecule has 0 aromatic heterocycles. The topological polar surface area (TPSA) is 69.7 Å². The summed E-state index contributed by atoms with van der Waals surface area (Å²) in [6.45, 7) is 9.30. The molecule has 3 aliphatic rings. The van der Waals surface area contributed by atoms with Crippen molar-refractivity contribution < 1.29 is 23.9 Å². The minimum Gasteiger partial charge on any atom is -0.457 e. The molecule has 0 unspecified atom stereocenters. The quantitative estimate of drug-likeness (QED) is 0.577. The molecule has 5 heteroatoms. The molecular formula is C18H22O5. The third-order valence-electron chi connectivity index (χ3n) is 5.90. The molecule has 0 N–H and O–H groups in total. The van der Waals surface area contributed by atoms with Gasteiger partial charge in [0.2, 0.25) is 0 Å². The molecule has 2 fully saturated rings. The van der Waals surface area contributed by atoms with Crippen LogP contribution < -0.4 is 0 Å². The van der Waals surface area contributed by atoms with Crippen LogP contribution in [-0.2, 0) is 23.9 Å². The van der Waals surface area contributed by atoms with E-state index in [0.29, 0.717) is 12.0 Å². The van der Waals surface area contributed by atoms with Crippen molar-refractivity contribution in [2.24, 2.45) is 17.3 Å². The lowest BCUT2D eigenvalue weighted by Gasteiger charge is -2.46. The summed E-state index contributed by atoms with van der Waals surface area (Å²) in [5.41, 5.74) is -1.75. The predicted molar refractivity (Wildman–Crippen MR) is 82.3 cm³/mol. The predicted octanol–water partition coefficient (Wildman–Crippen LogP) is 2.35. The van der Waals surface area contributed by atoms with E-state index in [0.717, 1.165) is 6.42 Å². The lowest BCUT2D eigenvalue weighted by atomic mass is 9.64. The smallest absolute Gasteiger partial charge is 0.334 e. The van der Waals surface area contributed by atoms with Crippen LogP contribution in [0.25, 0.3) is 0 Å². The Hall–Kier alpha value is -1.91. The first-order valence-corrected chi connectivity index (χ1v) is 8.13. The van der Waals surface area contributed by atoms with Gasteiger partial charge in [-0.2, -0.15) is 0 Å². The maximum absolute atomic E-state index is 12.8. The van der Waals surface area contributed by atoms with Crippen molar-refractivity contribution in [3.63, 3.8) is 0 Å². The second-order valence-electron chi connectivity index (χ2n) is 6.96. The standard InChI is InChI=1S/C18H22O5/c1-5-14(20)23-18-9-8-13(19)17(18,4)15-12(7-6-10(18)2)11(3)16(21)22-15/h8-10,12,15H,3,5-7H2,1-2,4H3/t10-,12-,15+,17-,18+/m0/s1. The number of ether oxygens (including phenoxy) is 2. The van der Waals surface area contributed by atoms with Gasteiger partial charge in [-0.25, -0.2) is 4.79 Å². The van der Waals surface area contributed by atoms with E-state index in [2.05, 4.69) is 6.58 Å². The largest absolute Gasteiger partial charge is 0.457 e. The number of esters is 2. The van der Waals surface area contributed by atoms with Gasteiger partial charge in [0.15, 0.2) is 5.78 Å². The van der Waals surface area contributed by atoms with Crippen molar-refractivity contribution in [2.45, 2.75) is 51.7 Å². The van der Waals surface area contributed by atoms with Gasteiger partial charge in [0.1, 0.15) is 17.1 Å². The minimum atomic E-state index is -1.10. The van der Waals surface area contributed by atoms with Gasteiger partial charge < -0.3 is 9.47 Å². The monoisotopic (exact) mass is 318 g/mol. The fourth-order valence-corrected chi connectivity index (χ4v) is 4.38. The van der Waals surface area contributed by atoms with E-state index in [-0.39, 0.29) is 30.0 Å². The molecule has 1 heterocycles. The first-order valence-electron chi connectivity index (χ1n) is 8.13. The summed E-state index contributed by atoms with van der Waals surface area (Å²) in [4.78, 5) is 36.8. The Morgan fingerprint density at radius 1 is 1.43 bits per heavy atom. The summed E-state index contributed by atoms with van der Waals surface area (Å²) >= 11 is 0. The van der Waals surface area contributed by atoms with E-state index < -0.39 is 23.1 Å². The van der Waals surface area contributed by atoms with Crippen molar-refractivity contribution in [3.8, 4) is 0 Å². The van der Waals surface area contributed by atoms with Gasteiger partial charge in [0.25, 0.3) is 0 Å². The van der Waals surface area contributed by atoms with Crippen LogP contribution in [0.5, 0.6) is 0 Å². The van der Waals surface area contributed by atoms with Gasteiger partial charge in [-0.15, -0.1) is 0 Å². The lowest BCUT2D eigenvalue weighted by molar-refractivity contribution is -0.188. The molecule has 3 rings (SSSR count). The average Bonchev–Trinajstić information content (AvgIpc) is 2.92. The molecule has 0 aromatic rings. The van der Waals surface area contributed by atoms with Crippen molar-refractivity contribution >= 4 is 17.7 Å². The summed E-state index contributed by atoms with van der Waals surface area (Å²) in [6, 6.07) is 0. The van der Waals surface area contributed by atoms with Crippen molar-refractivity contribution in [2.75, 3.05) is 0 Å². The van der Waals surface area contributed by atoms with Crippen LogP contribution in [0.4, 0.5) is 0 Å². The summed E-state index contributed by atoms with van der Waals surface area (Å²) < 4.78 is 11.4. The molecule has 0 spiro atoms. The molecule has 5 atom stereocenters. The Morgan fingerprint density at radius 3 is 2.78 bits per heavy atom. The highest BCUT2D eigenvalue weighted by Gasteiger charge is 2.69. The van der Waals surface area contributed by atoms with E-state index in [1.165, 1.54) is 6.08 Å². The minimum absolute atomic E-state index is 0.0530. The van der Waals surface area contributed by atoms with E-state index in [1.54, 1.807) is 19.9 Å². The number of allylic oxidation sites excluding steroid dienone is 1. The second kappa shape index (κ2) is 5.05. The highest BCUT2D eigenvalue weighted by Crippen LogP contribution is 2.58. The first kappa shape index (κ1) is 16.0. The third kappa shape index (κ3) is 1.88. The number of carbonyl (C=O) groups is 3. The number of carbonyl (C=O) groups excluding carboxylic acids is 3. The fourth-order valence-electron chi connectivity index (χ4n) is 4.38. The molecule has 1 saturated carbocycles. The normalized spacial score (nSPS) is 42.0. The number of ketones is 1. The summed E-state index contributed by atoms with van der Waals surface area (Å²) in [5, 5.41) is 0. The zero-order valence-corrected chi connectivity index (χ0v) is 13.8. The van der Waals surface area contributed by atoms with Crippen LogP contribution >= 0.6 is 0 Å². The molecule has 0 amide bonds. The number of hydrogen-bond donors (Lipinski definition) is 0. The summed E-state index contributed by atoms with van der Waals surface area (Å²) in [6.07, 6.45) is 4.17. The average molecular weight is 318 g/mol. The third-order valence-corrected chi connectivity index (χ3v) is 5.90. The van der Waals surface area contributed by atoms with Crippen molar-refractivity contribution in [1.29, 1.82) is 0 Å². The van der Waals surface area contributed by atoms with Crippen LogP contribution in [-0.4, -0.2) is 29.4 Å². The zero-order chi connectivity index (χ0) is 17.0. The van der Waals surface area contributed by atoms with Crippen molar-refractivity contribution in [3.05, 3.63) is 24.3 Å². The second-order valence-corrected chi connectivity index (χ2v) is 6.96. The molecule has 0 radical (unpaired) electrons. The SMILES string of the molecule is C=C1C(=O)O[C@@H]2[C@H]1CC[C@H](C)[C@]1(OC(=O)CC)C=CC(=O)[C@@]21C. The number of rotatable bonds is 2. The van der Waals surface area contributed by atoms with Crippen molar-refractivity contribution in [1.82, 2.24) is 0 Å². The maximum Gasteiger partial charge on any atom is 0.334 e. The zero-order valence-electron chi connectivity index (χ0n) is 13.8. The van der Waals surface area contributed by atoms with E-state index >= 15 is 0 Å². The Labute approximate surface area is 135 Å². The molecule has 0 aromatic carbocycles. The Kier molecular flexibility index (Phi) is 3.50. The van der Waals surface area contributed by atoms with Crippen LogP contribution in [0.15, 0.2) is 24.3 Å². The van der Waals surface area contributed by atoms with E-state index in [4.69, 9.17) is 9.47 Å². The Morgan fingerprint density at radius 2 is 2.13 bits per heavy atom. The molecule has 1 saturated heterocycles. The number of fused-ring (bicyclic) bond motifs is 3. The van der Waals surface area contributed by atoms with Gasteiger partial charge in [0.05, 0.1) is 0 Å². The molecule has 2 aliphatic carbocycles. The maximum atomic E-state index is 12.8. The van der Waals surface area contributed by atoms with Crippen LogP contribution in [0, 0.1) is 17.3 Å². The molecule has 23 heavy (non-hydrogen) atoms. The summed E-state index contributed by atoms with van der Waals surface area (Å²) in [5.74, 6) is -1.23. The highest BCUT2D eigenvalue weighted by molar-refractivity contribution is 6.01. The highest BCUT2D eigenvalue weighted by atomic mass is 16.6. The number of hydrogen-bond acceptors (Lipinski definition) is 5. The van der Waals surface area contributed by atoms with Gasteiger partial charge >= 0.3 is 11.9 Å². The first-order chi connectivity index (χ1) is 10.8. The molecule has 5 nitrogen and oxygen atoms in total. The van der Waals surface area contributed by atoms with E-state index in [9.17, 15) is 14.4 Å². The molecule has 1 aliphatic heterocycles. The van der Waals surface area contributed by atoms with Gasteiger partial charge in [0, 0.05) is 23.8 Å². The molecule has 124 valence electrons. The lowest BCUT2D eigenvalue weighted by Crippen LogP contribution is -2.58. The van der Waals surface area contributed by atoms with Gasteiger partial charge in [-0.05, 0) is 31.9 Å². The van der Waals surface area contributed by atoms with Crippen LogP contribution in [0.2, 0.25) is 0 Å². The summed E-state index contributed by atoms with van der Waals surface area (Å²) in [7, 11) is 0. The van der Waals surface area contributed by atoms with Crippen LogP contribution in [0.1, 0.15) is 40.0 Å². The Balaban J connectivity index is 2.14. The fraction of sp³-hybridized carbons (Fsp3) is 0.611. The van der Waals surface area contributed by atoms with Gasteiger partial charge in [-0.3, -0.25) is 9.59 Å². The Bertz CT molecular complexity index is 633. The van der Waals surface area contributed by atoms with Gasteiger partial charge in [-0.1, -0.05) is 20.4 Å². The van der Waals surface area contributed by atoms with E-state index in [1.807, 2.05) is 6.92 Å². The molecule has 0 bridgehead atoms. The molecular weight excluding hydrogens is 296 g/mol. The van der Waals surface area contributed by atoms with Crippen LogP contribution in [0.3, 0.4) is 0 Å².